The first-order valence-corrected chi connectivity index (χ1v) is 10.6. The van der Waals surface area contributed by atoms with Gasteiger partial charge in [0.2, 0.25) is 0 Å². The van der Waals surface area contributed by atoms with E-state index in [0.29, 0.717) is 12.2 Å². The van der Waals surface area contributed by atoms with Crippen molar-refractivity contribution in [3.8, 4) is 11.3 Å². The molecule has 0 aliphatic carbocycles. The number of carbonyl (C=O) groups is 1. The fraction of sp³-hybridized carbons (Fsp3) is 0.292. The lowest BCUT2D eigenvalue weighted by atomic mass is 9.99. The van der Waals surface area contributed by atoms with Crippen molar-refractivity contribution in [1.29, 1.82) is 0 Å². The van der Waals surface area contributed by atoms with Gasteiger partial charge in [-0.25, -0.2) is 9.18 Å². The summed E-state index contributed by atoms with van der Waals surface area (Å²) in [6.45, 7) is 4.63. The molecular formula is C24H26FN5O. The zero-order valence-electron chi connectivity index (χ0n) is 17.5. The SMILES string of the molecule is CC1CCN(c2ccc(-c3cccc(NC(=O)NCc4ccc(F)cc4)c3)nn2)CC1. The lowest BCUT2D eigenvalue weighted by molar-refractivity contribution is 0.251. The third-order valence-corrected chi connectivity index (χ3v) is 5.54. The number of anilines is 2. The minimum Gasteiger partial charge on any atom is -0.355 e. The quantitative estimate of drug-likeness (QED) is 0.621. The highest BCUT2D eigenvalue weighted by Crippen LogP contribution is 2.24. The predicted molar refractivity (Wildman–Crippen MR) is 120 cm³/mol. The van der Waals surface area contributed by atoms with Gasteiger partial charge in [-0.1, -0.05) is 31.2 Å². The Morgan fingerprint density at radius 3 is 2.55 bits per heavy atom. The van der Waals surface area contributed by atoms with Gasteiger partial charge in [0.15, 0.2) is 5.82 Å². The Bertz CT molecular complexity index is 1010. The molecule has 2 amide bonds. The van der Waals surface area contributed by atoms with Gasteiger partial charge in [-0.3, -0.25) is 0 Å². The fourth-order valence-corrected chi connectivity index (χ4v) is 3.60. The second-order valence-corrected chi connectivity index (χ2v) is 7.96. The van der Waals surface area contributed by atoms with E-state index >= 15 is 0 Å². The first-order chi connectivity index (χ1) is 15.1. The fourth-order valence-electron chi connectivity index (χ4n) is 3.60. The summed E-state index contributed by atoms with van der Waals surface area (Å²) < 4.78 is 13.0. The van der Waals surface area contributed by atoms with Gasteiger partial charge in [0.1, 0.15) is 5.82 Å². The standard InChI is InChI=1S/C24H26FN5O/c1-17-11-13-30(14-12-17)23-10-9-22(28-29-23)19-3-2-4-21(15-19)27-24(31)26-16-18-5-7-20(25)8-6-18/h2-10,15,17H,11-14,16H2,1H3,(H2,26,27,31). The van der Waals surface area contributed by atoms with Crippen LogP contribution in [0.15, 0.2) is 60.7 Å². The van der Waals surface area contributed by atoms with Crippen molar-refractivity contribution in [2.45, 2.75) is 26.3 Å². The number of nitrogens with one attached hydrogen (secondary N) is 2. The maximum absolute atomic E-state index is 13.0. The molecule has 2 heterocycles. The van der Waals surface area contributed by atoms with Crippen LogP contribution < -0.4 is 15.5 Å². The summed E-state index contributed by atoms with van der Waals surface area (Å²) in [6, 6.07) is 17.2. The molecule has 4 rings (SSSR count). The van der Waals surface area contributed by atoms with Gasteiger partial charge in [-0.05, 0) is 60.7 Å². The Hall–Kier alpha value is -3.48. The van der Waals surface area contributed by atoms with Gasteiger partial charge in [0.05, 0.1) is 5.69 Å². The van der Waals surface area contributed by atoms with Gasteiger partial charge in [-0.15, -0.1) is 10.2 Å². The molecule has 1 fully saturated rings. The molecular weight excluding hydrogens is 393 g/mol. The zero-order valence-corrected chi connectivity index (χ0v) is 17.5. The van der Waals surface area contributed by atoms with Crippen molar-refractivity contribution in [3.05, 3.63) is 72.0 Å². The molecule has 1 aromatic heterocycles. The van der Waals surface area contributed by atoms with Gasteiger partial charge < -0.3 is 15.5 Å². The number of halogens is 1. The van der Waals surface area contributed by atoms with E-state index < -0.39 is 0 Å². The van der Waals surface area contributed by atoms with Gasteiger partial charge in [0.25, 0.3) is 0 Å². The highest BCUT2D eigenvalue weighted by atomic mass is 19.1. The Kier molecular flexibility index (Phi) is 6.40. The number of hydrogen-bond donors (Lipinski definition) is 2. The molecule has 2 N–H and O–H groups in total. The van der Waals surface area contributed by atoms with Crippen LogP contribution in [0.1, 0.15) is 25.3 Å². The Morgan fingerprint density at radius 1 is 1.06 bits per heavy atom. The van der Waals surface area contributed by atoms with Crippen LogP contribution in [-0.2, 0) is 6.54 Å². The Labute approximate surface area is 181 Å². The summed E-state index contributed by atoms with van der Waals surface area (Å²) in [6.07, 6.45) is 2.36. The third kappa shape index (κ3) is 5.57. The van der Waals surface area contributed by atoms with Crippen LogP contribution in [0.5, 0.6) is 0 Å². The van der Waals surface area contributed by atoms with Crippen molar-refractivity contribution < 1.29 is 9.18 Å². The molecule has 0 radical (unpaired) electrons. The molecule has 1 aliphatic heterocycles. The Balaban J connectivity index is 1.36. The predicted octanol–water partition coefficient (Wildman–Crippen LogP) is 4.84. The van der Waals surface area contributed by atoms with Gasteiger partial charge >= 0.3 is 6.03 Å². The number of benzene rings is 2. The molecule has 0 spiro atoms. The van der Waals surface area contributed by atoms with Crippen molar-refractivity contribution in [1.82, 2.24) is 15.5 Å². The van der Waals surface area contributed by atoms with Crippen LogP contribution in [0.3, 0.4) is 0 Å². The summed E-state index contributed by atoms with van der Waals surface area (Å²) in [4.78, 5) is 14.5. The summed E-state index contributed by atoms with van der Waals surface area (Å²) in [5, 5.41) is 14.4. The number of hydrogen-bond acceptors (Lipinski definition) is 4. The van der Waals surface area contributed by atoms with Crippen LogP contribution >= 0.6 is 0 Å². The molecule has 7 heteroatoms. The third-order valence-electron chi connectivity index (χ3n) is 5.54. The van der Waals surface area contributed by atoms with E-state index in [1.807, 2.05) is 36.4 Å². The van der Waals surface area contributed by atoms with Crippen LogP contribution in [0.2, 0.25) is 0 Å². The first-order valence-electron chi connectivity index (χ1n) is 10.6. The van der Waals surface area contributed by atoms with E-state index in [0.717, 1.165) is 41.6 Å². The number of urea groups is 1. The lowest BCUT2D eigenvalue weighted by Gasteiger charge is -2.30. The maximum Gasteiger partial charge on any atom is 0.319 e. The Morgan fingerprint density at radius 2 is 1.84 bits per heavy atom. The van der Waals surface area contributed by atoms with Crippen molar-refractivity contribution >= 4 is 17.5 Å². The first kappa shape index (κ1) is 20.8. The monoisotopic (exact) mass is 419 g/mol. The number of aromatic nitrogens is 2. The summed E-state index contributed by atoms with van der Waals surface area (Å²) in [5.41, 5.74) is 3.11. The van der Waals surface area contributed by atoms with E-state index in [1.54, 1.807) is 12.1 Å². The highest BCUT2D eigenvalue weighted by Gasteiger charge is 2.17. The molecule has 3 aromatic rings. The molecule has 1 aliphatic rings. The second-order valence-electron chi connectivity index (χ2n) is 7.96. The number of nitrogens with zero attached hydrogens (tertiary/aromatic N) is 3. The zero-order chi connectivity index (χ0) is 21.6. The number of carbonyl (C=O) groups excluding carboxylic acids is 1. The van der Waals surface area contributed by atoms with Crippen molar-refractivity contribution in [3.63, 3.8) is 0 Å². The number of piperidine rings is 1. The molecule has 2 aromatic carbocycles. The van der Waals surface area contributed by atoms with E-state index in [4.69, 9.17) is 0 Å². The summed E-state index contributed by atoms with van der Waals surface area (Å²) in [5.74, 6) is 1.38. The average Bonchev–Trinajstić information content (AvgIpc) is 2.80. The normalized spacial score (nSPS) is 14.3. The number of amides is 2. The topological polar surface area (TPSA) is 70.2 Å². The summed E-state index contributed by atoms with van der Waals surface area (Å²) >= 11 is 0. The summed E-state index contributed by atoms with van der Waals surface area (Å²) in [7, 11) is 0. The maximum atomic E-state index is 13.0. The highest BCUT2D eigenvalue weighted by molar-refractivity contribution is 5.90. The van der Waals surface area contributed by atoms with E-state index in [9.17, 15) is 9.18 Å². The van der Waals surface area contributed by atoms with E-state index in [-0.39, 0.29) is 11.8 Å². The van der Waals surface area contributed by atoms with Crippen molar-refractivity contribution in [2.75, 3.05) is 23.3 Å². The van der Waals surface area contributed by atoms with Crippen LogP contribution in [0.4, 0.5) is 20.7 Å². The van der Waals surface area contributed by atoms with E-state index in [1.165, 1.54) is 25.0 Å². The average molecular weight is 420 g/mol. The molecule has 0 bridgehead atoms. The van der Waals surface area contributed by atoms with E-state index in [2.05, 4.69) is 32.7 Å². The van der Waals surface area contributed by atoms with Crippen molar-refractivity contribution in [2.24, 2.45) is 5.92 Å². The van der Waals surface area contributed by atoms with Gasteiger partial charge in [-0.2, -0.15) is 0 Å². The molecule has 1 saturated heterocycles. The second kappa shape index (κ2) is 9.55. The number of rotatable bonds is 5. The molecule has 0 saturated carbocycles. The van der Waals surface area contributed by atoms with Crippen LogP contribution in [0, 0.1) is 11.7 Å². The molecule has 0 unspecified atom stereocenters. The molecule has 31 heavy (non-hydrogen) atoms. The molecule has 0 atom stereocenters. The minimum atomic E-state index is -0.331. The van der Waals surface area contributed by atoms with Crippen LogP contribution in [0.25, 0.3) is 11.3 Å². The lowest BCUT2D eigenvalue weighted by Crippen LogP contribution is -2.33. The largest absolute Gasteiger partial charge is 0.355 e. The molecule has 6 nitrogen and oxygen atoms in total. The smallest absolute Gasteiger partial charge is 0.319 e. The van der Waals surface area contributed by atoms with Gasteiger partial charge in [0, 0.05) is 30.9 Å². The molecule has 160 valence electrons. The van der Waals surface area contributed by atoms with Crippen LogP contribution in [-0.4, -0.2) is 29.3 Å². The minimum absolute atomic E-state index is 0.299.